The molecule has 3 nitrogen and oxygen atoms in total. The Morgan fingerprint density at radius 2 is 2.04 bits per heavy atom. The lowest BCUT2D eigenvalue weighted by Gasteiger charge is -2.36. The van der Waals surface area contributed by atoms with Gasteiger partial charge in [0.25, 0.3) is 0 Å². The SMILES string of the molecule is C=CC(C)c1c(CO[Si](C)(C)C(C)(C)C)cc(F)c(C#N)c1O. The van der Waals surface area contributed by atoms with Crippen molar-refractivity contribution >= 4 is 8.32 Å². The predicted octanol–water partition coefficient (Wildman–Crippen LogP) is 5.21. The zero-order valence-electron chi connectivity index (χ0n) is 14.8. The van der Waals surface area contributed by atoms with Crippen LogP contribution in [0.25, 0.3) is 0 Å². The quantitative estimate of drug-likeness (QED) is 0.593. The van der Waals surface area contributed by atoms with Gasteiger partial charge in [0.2, 0.25) is 0 Å². The summed E-state index contributed by atoms with van der Waals surface area (Å²) >= 11 is 0. The van der Waals surface area contributed by atoms with E-state index in [0.717, 1.165) is 0 Å². The monoisotopic (exact) mass is 335 g/mol. The van der Waals surface area contributed by atoms with E-state index >= 15 is 0 Å². The summed E-state index contributed by atoms with van der Waals surface area (Å²) in [5, 5.41) is 19.4. The van der Waals surface area contributed by atoms with Crippen molar-refractivity contribution in [2.75, 3.05) is 0 Å². The van der Waals surface area contributed by atoms with Gasteiger partial charge in [-0.15, -0.1) is 6.58 Å². The van der Waals surface area contributed by atoms with Crippen molar-refractivity contribution in [3.8, 4) is 11.8 Å². The Morgan fingerprint density at radius 1 is 1.48 bits per heavy atom. The minimum Gasteiger partial charge on any atom is -0.506 e. The molecule has 5 heteroatoms. The molecule has 0 heterocycles. The average molecular weight is 335 g/mol. The molecule has 1 atom stereocenters. The van der Waals surface area contributed by atoms with Crippen LogP contribution < -0.4 is 0 Å². The van der Waals surface area contributed by atoms with E-state index in [1.54, 1.807) is 12.1 Å². The molecule has 0 radical (unpaired) electrons. The predicted molar refractivity (Wildman–Crippen MR) is 93.4 cm³/mol. The molecule has 0 fully saturated rings. The third-order valence-corrected chi connectivity index (χ3v) is 9.17. The highest BCUT2D eigenvalue weighted by atomic mass is 28.4. The van der Waals surface area contributed by atoms with Crippen LogP contribution in [0.5, 0.6) is 5.75 Å². The van der Waals surface area contributed by atoms with Crippen molar-refractivity contribution in [1.82, 2.24) is 0 Å². The van der Waals surface area contributed by atoms with Crippen LogP contribution in [0, 0.1) is 17.1 Å². The second-order valence-corrected chi connectivity index (χ2v) is 12.1. The summed E-state index contributed by atoms with van der Waals surface area (Å²) in [6.07, 6.45) is 1.66. The first-order valence-corrected chi connectivity index (χ1v) is 10.6. The highest BCUT2D eigenvalue weighted by molar-refractivity contribution is 6.74. The number of nitriles is 1. The highest BCUT2D eigenvalue weighted by Gasteiger charge is 2.37. The standard InChI is InChI=1S/C18H26FNO2Si/c1-8-12(2)16-13(9-15(19)14(10-20)17(16)21)11-22-23(6,7)18(3,4)5/h8-9,12,21H,1,11H2,2-7H3. The van der Waals surface area contributed by atoms with Crippen LogP contribution in [0.1, 0.15) is 50.3 Å². The highest BCUT2D eigenvalue weighted by Crippen LogP contribution is 2.39. The maximum Gasteiger partial charge on any atom is 0.192 e. The van der Waals surface area contributed by atoms with E-state index in [0.29, 0.717) is 11.1 Å². The van der Waals surface area contributed by atoms with Crippen molar-refractivity contribution in [2.45, 2.75) is 58.4 Å². The minimum absolute atomic E-state index is 0.0321. The van der Waals surface area contributed by atoms with Gasteiger partial charge in [0.1, 0.15) is 23.2 Å². The van der Waals surface area contributed by atoms with Crippen molar-refractivity contribution in [3.05, 3.63) is 41.2 Å². The summed E-state index contributed by atoms with van der Waals surface area (Å²) in [6.45, 7) is 16.4. The number of hydrogen-bond acceptors (Lipinski definition) is 3. The van der Waals surface area contributed by atoms with Gasteiger partial charge in [0.05, 0.1) is 6.61 Å². The molecule has 0 spiro atoms. The summed E-state index contributed by atoms with van der Waals surface area (Å²) < 4.78 is 20.2. The lowest BCUT2D eigenvalue weighted by molar-refractivity contribution is 0.273. The Labute approximate surface area is 139 Å². The van der Waals surface area contributed by atoms with Gasteiger partial charge in [-0.3, -0.25) is 0 Å². The topological polar surface area (TPSA) is 53.2 Å². The molecule has 126 valence electrons. The molecular formula is C18H26FNO2Si. The van der Waals surface area contributed by atoms with Crippen LogP contribution >= 0.6 is 0 Å². The molecule has 0 aliphatic carbocycles. The lowest BCUT2D eigenvalue weighted by atomic mass is 9.92. The Bertz CT molecular complexity index is 642. The van der Waals surface area contributed by atoms with Crippen LogP contribution in [0.15, 0.2) is 18.7 Å². The minimum atomic E-state index is -2.01. The van der Waals surface area contributed by atoms with Crippen molar-refractivity contribution in [2.24, 2.45) is 0 Å². The number of hydrogen-bond donors (Lipinski definition) is 1. The van der Waals surface area contributed by atoms with Gasteiger partial charge in [0.15, 0.2) is 8.32 Å². The van der Waals surface area contributed by atoms with E-state index in [1.165, 1.54) is 6.07 Å². The first-order chi connectivity index (χ1) is 10.5. The molecule has 0 saturated heterocycles. The number of rotatable bonds is 5. The van der Waals surface area contributed by atoms with Gasteiger partial charge in [-0.2, -0.15) is 5.26 Å². The van der Waals surface area contributed by atoms with Crippen LogP contribution in [-0.2, 0) is 11.0 Å². The van der Waals surface area contributed by atoms with E-state index in [9.17, 15) is 9.50 Å². The molecule has 0 amide bonds. The van der Waals surface area contributed by atoms with Crippen LogP contribution in [0.3, 0.4) is 0 Å². The number of phenols is 1. The van der Waals surface area contributed by atoms with Gasteiger partial charge < -0.3 is 9.53 Å². The maximum atomic E-state index is 14.1. The lowest BCUT2D eigenvalue weighted by Crippen LogP contribution is -2.40. The number of phenolic OH excluding ortho intramolecular Hbond substituents is 1. The van der Waals surface area contributed by atoms with Gasteiger partial charge >= 0.3 is 0 Å². The Hall–Kier alpha value is -1.64. The Balaban J connectivity index is 3.32. The Kier molecular flexibility index (Phi) is 5.78. The second-order valence-electron chi connectivity index (χ2n) is 7.34. The van der Waals surface area contributed by atoms with E-state index in [2.05, 4.69) is 40.4 Å². The van der Waals surface area contributed by atoms with Crippen molar-refractivity contribution < 1.29 is 13.9 Å². The average Bonchev–Trinajstić information content (AvgIpc) is 2.43. The summed E-state index contributed by atoms with van der Waals surface area (Å²) in [4.78, 5) is 0. The number of allylic oxidation sites excluding steroid dienone is 1. The Morgan fingerprint density at radius 3 is 2.48 bits per heavy atom. The van der Waals surface area contributed by atoms with Gasteiger partial charge in [0, 0.05) is 11.5 Å². The molecule has 1 rings (SSSR count). The summed E-state index contributed by atoms with van der Waals surface area (Å²) in [7, 11) is -2.01. The molecule has 23 heavy (non-hydrogen) atoms. The molecule has 0 aliphatic rings. The molecule has 0 saturated carbocycles. The summed E-state index contributed by atoms with van der Waals surface area (Å²) in [6, 6.07) is 3.01. The van der Waals surface area contributed by atoms with E-state index < -0.39 is 14.1 Å². The third kappa shape index (κ3) is 4.01. The third-order valence-electron chi connectivity index (χ3n) is 4.69. The zero-order chi connectivity index (χ0) is 18.0. The van der Waals surface area contributed by atoms with Gasteiger partial charge in [-0.1, -0.05) is 33.8 Å². The van der Waals surface area contributed by atoms with Crippen molar-refractivity contribution in [3.63, 3.8) is 0 Å². The zero-order valence-corrected chi connectivity index (χ0v) is 15.8. The summed E-state index contributed by atoms with van der Waals surface area (Å²) in [5.74, 6) is -1.24. The molecule has 0 bridgehead atoms. The number of halogens is 1. The van der Waals surface area contributed by atoms with Crippen LogP contribution in [-0.4, -0.2) is 13.4 Å². The fourth-order valence-electron chi connectivity index (χ4n) is 2.03. The fourth-order valence-corrected chi connectivity index (χ4v) is 2.98. The molecule has 0 aliphatic heterocycles. The number of nitrogens with zero attached hydrogens (tertiary/aromatic N) is 1. The van der Waals surface area contributed by atoms with E-state index in [1.807, 2.05) is 6.92 Å². The first kappa shape index (κ1) is 19.4. The number of aromatic hydroxyl groups is 1. The molecule has 1 N–H and O–H groups in total. The molecule has 1 unspecified atom stereocenters. The van der Waals surface area contributed by atoms with Crippen LogP contribution in [0.4, 0.5) is 4.39 Å². The summed E-state index contributed by atoms with van der Waals surface area (Å²) in [5.41, 5.74) is 0.748. The largest absolute Gasteiger partial charge is 0.506 e. The molecular weight excluding hydrogens is 309 g/mol. The fraction of sp³-hybridized carbons (Fsp3) is 0.500. The first-order valence-electron chi connectivity index (χ1n) is 7.67. The maximum absolute atomic E-state index is 14.1. The van der Waals surface area contributed by atoms with Gasteiger partial charge in [-0.05, 0) is 29.8 Å². The second kappa shape index (κ2) is 6.86. The van der Waals surface area contributed by atoms with E-state index in [4.69, 9.17) is 9.69 Å². The molecule has 1 aromatic rings. The smallest absolute Gasteiger partial charge is 0.192 e. The van der Waals surface area contributed by atoms with Crippen molar-refractivity contribution in [1.29, 1.82) is 5.26 Å². The molecule has 1 aromatic carbocycles. The molecule has 0 aromatic heterocycles. The van der Waals surface area contributed by atoms with Gasteiger partial charge in [-0.25, -0.2) is 4.39 Å². The van der Waals surface area contributed by atoms with E-state index in [-0.39, 0.29) is 28.9 Å². The number of benzene rings is 1. The van der Waals surface area contributed by atoms with Crippen LogP contribution in [0.2, 0.25) is 18.1 Å². The normalized spacial score (nSPS) is 13.5.